The summed E-state index contributed by atoms with van der Waals surface area (Å²) < 4.78 is 34.5. The lowest BCUT2D eigenvalue weighted by Gasteiger charge is -2.26. The second-order valence-corrected chi connectivity index (χ2v) is 9.05. The van der Waals surface area contributed by atoms with Crippen LogP contribution in [0.3, 0.4) is 0 Å². The molecule has 0 saturated carbocycles. The molecule has 0 aliphatic carbocycles. The maximum atomic E-state index is 11.4. The predicted octanol–water partition coefficient (Wildman–Crippen LogP) is 3.19. The molecule has 27 heavy (non-hydrogen) atoms. The SMILES string of the molecule is C[C@@H](CS(C)(=O)=O)c1ccc(CNC[C@H]2COc3ccccc3O2)cc1.Cl. The Bertz CT molecular complexity index is 839. The van der Waals surface area contributed by atoms with Crippen LogP contribution in [0.4, 0.5) is 0 Å². The molecule has 0 unspecified atom stereocenters. The first-order valence-corrected chi connectivity index (χ1v) is 10.8. The number of hydrogen-bond acceptors (Lipinski definition) is 5. The Labute approximate surface area is 167 Å². The molecule has 0 saturated heterocycles. The van der Waals surface area contributed by atoms with Gasteiger partial charge in [-0.2, -0.15) is 0 Å². The van der Waals surface area contributed by atoms with Crippen LogP contribution in [0.1, 0.15) is 24.0 Å². The van der Waals surface area contributed by atoms with Crippen LogP contribution in [0, 0.1) is 0 Å². The van der Waals surface area contributed by atoms with E-state index in [1.54, 1.807) is 0 Å². The number of hydrogen-bond donors (Lipinski definition) is 1. The van der Waals surface area contributed by atoms with Crippen molar-refractivity contribution in [1.29, 1.82) is 0 Å². The molecule has 1 N–H and O–H groups in total. The molecule has 0 radical (unpaired) electrons. The number of fused-ring (bicyclic) bond motifs is 1. The fourth-order valence-electron chi connectivity index (χ4n) is 3.06. The van der Waals surface area contributed by atoms with Crippen LogP contribution in [0.25, 0.3) is 0 Å². The molecule has 0 aromatic heterocycles. The third kappa shape index (κ3) is 6.41. The van der Waals surface area contributed by atoms with Gasteiger partial charge in [0.25, 0.3) is 0 Å². The van der Waals surface area contributed by atoms with E-state index in [4.69, 9.17) is 9.47 Å². The highest BCUT2D eigenvalue weighted by Crippen LogP contribution is 2.30. The highest BCUT2D eigenvalue weighted by molar-refractivity contribution is 7.90. The Hall–Kier alpha value is -1.76. The van der Waals surface area contributed by atoms with Crippen LogP contribution in [-0.2, 0) is 16.4 Å². The number of para-hydroxylation sites is 2. The molecule has 1 aliphatic heterocycles. The van der Waals surface area contributed by atoms with E-state index in [0.717, 1.165) is 29.2 Å². The minimum atomic E-state index is -2.97. The maximum absolute atomic E-state index is 11.4. The Balaban J connectivity index is 0.00000261. The molecular formula is C20H26ClNO4S. The summed E-state index contributed by atoms with van der Waals surface area (Å²) >= 11 is 0. The second-order valence-electron chi connectivity index (χ2n) is 6.86. The zero-order chi connectivity index (χ0) is 18.6. The third-order valence-electron chi connectivity index (χ3n) is 4.37. The minimum absolute atomic E-state index is 0. The molecule has 7 heteroatoms. The van der Waals surface area contributed by atoms with E-state index in [2.05, 4.69) is 5.32 Å². The molecule has 2 aromatic carbocycles. The van der Waals surface area contributed by atoms with E-state index in [1.807, 2.05) is 55.5 Å². The number of nitrogens with one attached hydrogen (secondary N) is 1. The number of rotatable bonds is 7. The van der Waals surface area contributed by atoms with Crippen LogP contribution in [0.5, 0.6) is 11.5 Å². The van der Waals surface area contributed by atoms with Crippen molar-refractivity contribution in [2.24, 2.45) is 0 Å². The quantitative estimate of drug-likeness (QED) is 0.758. The van der Waals surface area contributed by atoms with Gasteiger partial charge < -0.3 is 14.8 Å². The van der Waals surface area contributed by atoms with E-state index >= 15 is 0 Å². The number of sulfone groups is 1. The normalized spacial score (nSPS) is 17.0. The lowest BCUT2D eigenvalue weighted by Crippen LogP contribution is -2.38. The lowest BCUT2D eigenvalue weighted by molar-refractivity contribution is 0.0902. The first-order valence-electron chi connectivity index (χ1n) is 8.76. The highest BCUT2D eigenvalue weighted by Gasteiger charge is 2.20. The largest absolute Gasteiger partial charge is 0.486 e. The van der Waals surface area contributed by atoms with Crippen molar-refractivity contribution in [3.63, 3.8) is 0 Å². The fourth-order valence-corrected chi connectivity index (χ4v) is 4.16. The molecule has 3 rings (SSSR count). The predicted molar refractivity (Wildman–Crippen MR) is 110 cm³/mol. The van der Waals surface area contributed by atoms with Crippen LogP contribution in [-0.4, -0.2) is 39.7 Å². The monoisotopic (exact) mass is 411 g/mol. The van der Waals surface area contributed by atoms with Gasteiger partial charge in [0.1, 0.15) is 22.5 Å². The first-order chi connectivity index (χ1) is 12.4. The fraction of sp³-hybridized carbons (Fsp3) is 0.400. The molecule has 148 valence electrons. The highest BCUT2D eigenvalue weighted by atomic mass is 35.5. The van der Waals surface area contributed by atoms with Crippen molar-refractivity contribution in [1.82, 2.24) is 5.32 Å². The summed E-state index contributed by atoms with van der Waals surface area (Å²) in [4.78, 5) is 0. The summed E-state index contributed by atoms with van der Waals surface area (Å²) in [6.45, 7) is 3.89. The maximum Gasteiger partial charge on any atom is 0.161 e. The van der Waals surface area contributed by atoms with Gasteiger partial charge in [0.05, 0.1) is 5.75 Å². The van der Waals surface area contributed by atoms with Gasteiger partial charge >= 0.3 is 0 Å². The van der Waals surface area contributed by atoms with Crippen LogP contribution in [0.15, 0.2) is 48.5 Å². The number of benzene rings is 2. The number of halogens is 1. The van der Waals surface area contributed by atoms with E-state index in [9.17, 15) is 8.42 Å². The van der Waals surface area contributed by atoms with Crippen LogP contribution in [0.2, 0.25) is 0 Å². The molecule has 0 amide bonds. The van der Waals surface area contributed by atoms with Gasteiger partial charge in [0, 0.05) is 19.3 Å². The molecular weight excluding hydrogens is 386 g/mol. The van der Waals surface area contributed by atoms with Crippen LogP contribution < -0.4 is 14.8 Å². The van der Waals surface area contributed by atoms with Gasteiger partial charge in [-0.05, 0) is 29.2 Å². The Morgan fingerprint density at radius 1 is 1.11 bits per heavy atom. The van der Waals surface area contributed by atoms with Crippen molar-refractivity contribution in [3.8, 4) is 11.5 Å². The van der Waals surface area contributed by atoms with E-state index in [0.29, 0.717) is 13.2 Å². The van der Waals surface area contributed by atoms with Crippen molar-refractivity contribution in [2.75, 3.05) is 25.2 Å². The van der Waals surface area contributed by atoms with Crippen molar-refractivity contribution in [2.45, 2.75) is 25.5 Å². The molecule has 1 heterocycles. The van der Waals surface area contributed by atoms with Gasteiger partial charge in [0.15, 0.2) is 11.5 Å². The van der Waals surface area contributed by atoms with Crippen molar-refractivity contribution < 1.29 is 17.9 Å². The average molecular weight is 412 g/mol. The molecule has 5 nitrogen and oxygen atoms in total. The zero-order valence-electron chi connectivity index (χ0n) is 15.6. The minimum Gasteiger partial charge on any atom is -0.486 e. The van der Waals surface area contributed by atoms with E-state index in [-0.39, 0.29) is 30.2 Å². The van der Waals surface area contributed by atoms with Gasteiger partial charge in [-0.15, -0.1) is 12.4 Å². The molecule has 0 spiro atoms. The summed E-state index contributed by atoms with van der Waals surface area (Å²) in [5.41, 5.74) is 2.19. The Morgan fingerprint density at radius 3 is 2.44 bits per heavy atom. The van der Waals surface area contributed by atoms with Crippen molar-refractivity contribution >= 4 is 22.2 Å². The molecule has 2 atom stereocenters. The van der Waals surface area contributed by atoms with E-state index < -0.39 is 9.84 Å². The van der Waals surface area contributed by atoms with Gasteiger partial charge in [-0.3, -0.25) is 0 Å². The van der Waals surface area contributed by atoms with Gasteiger partial charge in [-0.25, -0.2) is 8.42 Å². The zero-order valence-corrected chi connectivity index (χ0v) is 17.2. The van der Waals surface area contributed by atoms with Gasteiger partial charge in [-0.1, -0.05) is 43.3 Å². The smallest absolute Gasteiger partial charge is 0.161 e. The summed E-state index contributed by atoms with van der Waals surface area (Å²) in [6.07, 6.45) is 1.26. The standard InChI is InChI=1S/C20H25NO4S.ClH/c1-15(14-26(2,22)23)17-9-7-16(8-10-17)11-21-12-18-13-24-19-5-3-4-6-20(19)25-18;/h3-10,15,18,21H,11-14H2,1-2H3;1H/t15-,18-;/m0./s1. The van der Waals surface area contributed by atoms with Crippen molar-refractivity contribution in [3.05, 3.63) is 59.7 Å². The summed E-state index contributed by atoms with van der Waals surface area (Å²) in [5.74, 6) is 1.75. The first kappa shape index (κ1) is 21.5. The van der Waals surface area contributed by atoms with Gasteiger partial charge in [0.2, 0.25) is 0 Å². The number of ether oxygens (including phenoxy) is 2. The molecule has 2 aromatic rings. The summed E-state index contributed by atoms with van der Waals surface area (Å²) in [6, 6.07) is 15.8. The lowest BCUT2D eigenvalue weighted by atomic mass is 10.0. The van der Waals surface area contributed by atoms with E-state index in [1.165, 1.54) is 6.26 Å². The molecule has 0 fully saturated rings. The average Bonchev–Trinajstić information content (AvgIpc) is 2.61. The van der Waals surface area contributed by atoms with Crippen LogP contribution >= 0.6 is 12.4 Å². The Kier molecular flexibility index (Phi) is 7.53. The topological polar surface area (TPSA) is 64.6 Å². The summed E-state index contributed by atoms with van der Waals surface area (Å²) in [5, 5.41) is 3.39. The molecule has 1 aliphatic rings. The molecule has 0 bridgehead atoms. The third-order valence-corrected chi connectivity index (χ3v) is 5.48. The second kappa shape index (κ2) is 9.44. The Morgan fingerprint density at radius 2 is 1.78 bits per heavy atom. The summed E-state index contributed by atoms with van der Waals surface area (Å²) in [7, 11) is -2.97.